The number of nitrogens with one attached hydrogen (secondary N) is 1. The monoisotopic (exact) mass is 280 g/mol. The minimum Gasteiger partial charge on any atom is -0.316 e. The quantitative estimate of drug-likeness (QED) is 0.700. The molecule has 108 valence electrons. The van der Waals surface area contributed by atoms with Crippen molar-refractivity contribution in [3.05, 3.63) is 34.9 Å². The molecule has 1 aromatic carbocycles. The van der Waals surface area contributed by atoms with Crippen LogP contribution in [-0.4, -0.2) is 44.4 Å². The molecule has 0 heterocycles. The van der Waals surface area contributed by atoms with E-state index in [-0.39, 0.29) is 0 Å². The first-order valence-corrected chi connectivity index (χ1v) is 8.24. The van der Waals surface area contributed by atoms with Crippen LogP contribution in [0.4, 0.5) is 0 Å². The standard InChI is InChI=1S/C16H28N2S/c1-14-10-15(2)12-16(11-14)13-19-9-7-17-6-5-8-18(3)4/h10-12,17H,5-9,13H2,1-4H3. The first-order valence-electron chi connectivity index (χ1n) is 7.08. The van der Waals surface area contributed by atoms with Crippen LogP contribution in [0.5, 0.6) is 0 Å². The predicted molar refractivity (Wildman–Crippen MR) is 88.1 cm³/mol. The fourth-order valence-electron chi connectivity index (χ4n) is 2.13. The molecule has 0 fully saturated rings. The molecule has 1 aromatic rings. The van der Waals surface area contributed by atoms with Crippen LogP contribution < -0.4 is 5.32 Å². The minimum atomic E-state index is 1.11. The molecule has 0 amide bonds. The lowest BCUT2D eigenvalue weighted by Gasteiger charge is -2.09. The zero-order valence-electron chi connectivity index (χ0n) is 12.8. The zero-order valence-corrected chi connectivity index (χ0v) is 13.6. The van der Waals surface area contributed by atoms with Gasteiger partial charge in [0, 0.05) is 18.1 Å². The number of hydrogen-bond donors (Lipinski definition) is 1. The fraction of sp³-hybridized carbons (Fsp3) is 0.625. The summed E-state index contributed by atoms with van der Waals surface area (Å²) in [5, 5.41) is 3.50. The molecule has 0 saturated heterocycles. The van der Waals surface area contributed by atoms with Crippen molar-refractivity contribution in [2.45, 2.75) is 26.0 Å². The van der Waals surface area contributed by atoms with Crippen LogP contribution in [0.2, 0.25) is 0 Å². The molecule has 0 aliphatic heterocycles. The lowest BCUT2D eigenvalue weighted by molar-refractivity contribution is 0.396. The highest BCUT2D eigenvalue weighted by molar-refractivity contribution is 7.98. The van der Waals surface area contributed by atoms with Crippen LogP contribution in [0.3, 0.4) is 0 Å². The third-order valence-electron chi connectivity index (χ3n) is 2.93. The number of aryl methyl sites for hydroxylation is 2. The number of hydrogen-bond acceptors (Lipinski definition) is 3. The van der Waals surface area contributed by atoms with Gasteiger partial charge in [-0.2, -0.15) is 11.8 Å². The lowest BCUT2D eigenvalue weighted by atomic mass is 10.1. The van der Waals surface area contributed by atoms with Crippen LogP contribution in [0.1, 0.15) is 23.1 Å². The van der Waals surface area contributed by atoms with Crippen molar-refractivity contribution in [2.24, 2.45) is 0 Å². The molecule has 0 aliphatic carbocycles. The summed E-state index contributed by atoms with van der Waals surface area (Å²) in [4.78, 5) is 2.23. The van der Waals surface area contributed by atoms with E-state index in [0.29, 0.717) is 0 Å². The van der Waals surface area contributed by atoms with Crippen LogP contribution in [0.25, 0.3) is 0 Å². The van der Waals surface area contributed by atoms with E-state index in [4.69, 9.17) is 0 Å². The minimum absolute atomic E-state index is 1.11. The molecule has 0 aliphatic rings. The van der Waals surface area contributed by atoms with Gasteiger partial charge in [-0.15, -0.1) is 0 Å². The van der Waals surface area contributed by atoms with Gasteiger partial charge in [-0.05, 0) is 53.0 Å². The summed E-state index contributed by atoms with van der Waals surface area (Å²) in [5.74, 6) is 2.32. The lowest BCUT2D eigenvalue weighted by Crippen LogP contribution is -2.23. The molecular formula is C16H28N2S. The van der Waals surface area contributed by atoms with E-state index in [0.717, 1.165) is 18.8 Å². The number of nitrogens with zero attached hydrogens (tertiary/aromatic N) is 1. The van der Waals surface area contributed by atoms with Gasteiger partial charge in [-0.3, -0.25) is 0 Å². The molecule has 0 atom stereocenters. The molecular weight excluding hydrogens is 252 g/mol. The van der Waals surface area contributed by atoms with Crippen molar-refractivity contribution in [3.63, 3.8) is 0 Å². The van der Waals surface area contributed by atoms with Crippen molar-refractivity contribution in [3.8, 4) is 0 Å². The summed E-state index contributed by atoms with van der Waals surface area (Å²) in [6.45, 7) is 7.76. The van der Waals surface area contributed by atoms with Crippen molar-refractivity contribution in [1.82, 2.24) is 10.2 Å². The second kappa shape index (κ2) is 9.40. The topological polar surface area (TPSA) is 15.3 Å². The fourth-order valence-corrected chi connectivity index (χ4v) is 2.97. The summed E-state index contributed by atoms with van der Waals surface area (Å²) in [6, 6.07) is 6.83. The third kappa shape index (κ3) is 8.30. The van der Waals surface area contributed by atoms with Gasteiger partial charge in [-0.25, -0.2) is 0 Å². The molecule has 0 spiro atoms. The largest absolute Gasteiger partial charge is 0.316 e. The molecule has 0 saturated carbocycles. The smallest absolute Gasteiger partial charge is 0.0185 e. The molecule has 0 unspecified atom stereocenters. The van der Waals surface area contributed by atoms with Crippen molar-refractivity contribution in [2.75, 3.05) is 39.5 Å². The normalized spacial score (nSPS) is 11.2. The SMILES string of the molecule is Cc1cc(C)cc(CSCCNCCCN(C)C)c1. The number of rotatable bonds is 9. The summed E-state index contributed by atoms with van der Waals surface area (Å²) in [5.41, 5.74) is 4.20. The number of thioether (sulfide) groups is 1. The maximum atomic E-state index is 3.50. The zero-order chi connectivity index (χ0) is 14.1. The Morgan fingerprint density at radius 3 is 2.37 bits per heavy atom. The van der Waals surface area contributed by atoms with Crippen molar-refractivity contribution >= 4 is 11.8 Å². The average Bonchev–Trinajstić information content (AvgIpc) is 2.31. The summed E-state index contributed by atoms with van der Waals surface area (Å²) in [6.07, 6.45) is 1.23. The van der Waals surface area contributed by atoms with E-state index in [1.165, 1.54) is 35.4 Å². The molecule has 3 heteroatoms. The highest BCUT2D eigenvalue weighted by atomic mass is 32.2. The van der Waals surface area contributed by atoms with E-state index in [9.17, 15) is 0 Å². The van der Waals surface area contributed by atoms with Gasteiger partial charge in [0.15, 0.2) is 0 Å². The molecule has 0 bridgehead atoms. The van der Waals surface area contributed by atoms with E-state index in [2.05, 4.69) is 56.4 Å². The predicted octanol–water partition coefficient (Wildman–Crippen LogP) is 3.08. The molecule has 0 radical (unpaired) electrons. The average molecular weight is 280 g/mol. The second-order valence-corrected chi connectivity index (χ2v) is 6.56. The van der Waals surface area contributed by atoms with Gasteiger partial charge in [-0.1, -0.05) is 29.3 Å². The molecule has 0 aromatic heterocycles. The Labute approximate surface area is 123 Å². The van der Waals surface area contributed by atoms with Gasteiger partial charge in [0.1, 0.15) is 0 Å². The van der Waals surface area contributed by atoms with Crippen LogP contribution in [0.15, 0.2) is 18.2 Å². The Balaban J connectivity index is 2.04. The molecule has 2 nitrogen and oxygen atoms in total. The van der Waals surface area contributed by atoms with Crippen LogP contribution in [-0.2, 0) is 5.75 Å². The summed E-state index contributed by atoms with van der Waals surface area (Å²) < 4.78 is 0. The molecule has 1 rings (SSSR count). The highest BCUT2D eigenvalue weighted by Gasteiger charge is 1.97. The van der Waals surface area contributed by atoms with Crippen LogP contribution in [0, 0.1) is 13.8 Å². The van der Waals surface area contributed by atoms with E-state index in [1.807, 2.05) is 11.8 Å². The Morgan fingerprint density at radius 2 is 1.74 bits per heavy atom. The Bertz CT molecular complexity index is 344. The maximum absolute atomic E-state index is 3.50. The Morgan fingerprint density at radius 1 is 1.05 bits per heavy atom. The Hall–Kier alpha value is -0.510. The van der Waals surface area contributed by atoms with Gasteiger partial charge < -0.3 is 10.2 Å². The van der Waals surface area contributed by atoms with E-state index in [1.54, 1.807) is 0 Å². The molecule has 19 heavy (non-hydrogen) atoms. The van der Waals surface area contributed by atoms with Gasteiger partial charge in [0.25, 0.3) is 0 Å². The van der Waals surface area contributed by atoms with Gasteiger partial charge in [0.05, 0.1) is 0 Å². The number of benzene rings is 1. The molecule has 1 N–H and O–H groups in total. The highest BCUT2D eigenvalue weighted by Crippen LogP contribution is 2.15. The van der Waals surface area contributed by atoms with E-state index >= 15 is 0 Å². The van der Waals surface area contributed by atoms with E-state index < -0.39 is 0 Å². The van der Waals surface area contributed by atoms with Gasteiger partial charge >= 0.3 is 0 Å². The third-order valence-corrected chi connectivity index (χ3v) is 3.96. The first-order chi connectivity index (χ1) is 9.08. The summed E-state index contributed by atoms with van der Waals surface area (Å²) in [7, 11) is 4.25. The van der Waals surface area contributed by atoms with Crippen molar-refractivity contribution in [1.29, 1.82) is 0 Å². The Kier molecular flexibility index (Phi) is 8.19. The van der Waals surface area contributed by atoms with Crippen LogP contribution >= 0.6 is 11.8 Å². The van der Waals surface area contributed by atoms with Gasteiger partial charge in [0.2, 0.25) is 0 Å². The summed E-state index contributed by atoms with van der Waals surface area (Å²) >= 11 is 2.02. The maximum Gasteiger partial charge on any atom is 0.0185 e. The second-order valence-electron chi connectivity index (χ2n) is 5.46. The van der Waals surface area contributed by atoms with Crippen molar-refractivity contribution < 1.29 is 0 Å². The first kappa shape index (κ1) is 16.5.